The first kappa shape index (κ1) is 21.2. The van der Waals surface area contributed by atoms with Crippen molar-refractivity contribution in [1.82, 2.24) is 9.21 Å². The highest BCUT2D eigenvalue weighted by atomic mass is 35.5. The highest BCUT2D eigenvalue weighted by molar-refractivity contribution is 7.89. The van der Waals surface area contributed by atoms with Crippen molar-refractivity contribution in [3.8, 4) is 0 Å². The van der Waals surface area contributed by atoms with Crippen molar-refractivity contribution in [2.75, 3.05) is 26.2 Å². The molecule has 0 atom stereocenters. The molecule has 0 N–H and O–H groups in total. The monoisotopic (exact) mass is 413 g/mol. The Bertz CT molecular complexity index is 864. The van der Waals surface area contributed by atoms with Gasteiger partial charge in [0.05, 0.1) is 4.90 Å². The standard InChI is InChI=1S/C19H23ClN2O2S.ClH/c1-15-6-7-16(2)19(12-15)25(23,24)22-10-8-21(9-11-22)14-17-4-3-5-18(20)13-17;/h3-7,12-13H,8-11,14H2,1-2H3;1H/p-1. The number of hydrogen-bond acceptors (Lipinski definition) is 3. The average Bonchev–Trinajstić information content (AvgIpc) is 2.57. The van der Waals surface area contributed by atoms with E-state index in [2.05, 4.69) is 4.90 Å². The first-order valence-electron chi connectivity index (χ1n) is 8.40. The molecule has 2 aromatic carbocycles. The van der Waals surface area contributed by atoms with Crippen molar-refractivity contribution in [1.29, 1.82) is 0 Å². The van der Waals surface area contributed by atoms with E-state index in [-0.39, 0.29) is 12.4 Å². The molecule has 2 aromatic rings. The van der Waals surface area contributed by atoms with Gasteiger partial charge in [-0.15, -0.1) is 0 Å². The third-order valence-electron chi connectivity index (χ3n) is 4.59. The maximum Gasteiger partial charge on any atom is 0.243 e. The SMILES string of the molecule is Cc1ccc(C)c(S(=O)(=O)N2CCN(Cc3cccc(Cl)c3)CC2)c1.[Cl-]. The Balaban J connectivity index is 0.00000243. The van der Waals surface area contributed by atoms with Gasteiger partial charge in [-0.1, -0.05) is 35.9 Å². The summed E-state index contributed by atoms with van der Waals surface area (Å²) in [6.45, 7) is 7.01. The molecule has 142 valence electrons. The van der Waals surface area contributed by atoms with Gasteiger partial charge < -0.3 is 12.4 Å². The average molecular weight is 414 g/mol. The van der Waals surface area contributed by atoms with Crippen LogP contribution in [0, 0.1) is 13.8 Å². The van der Waals surface area contributed by atoms with Crippen LogP contribution in [0.3, 0.4) is 0 Å². The number of aryl methyl sites for hydroxylation is 2. The van der Waals surface area contributed by atoms with Crippen LogP contribution in [0.2, 0.25) is 5.02 Å². The van der Waals surface area contributed by atoms with Crippen molar-refractivity contribution in [2.45, 2.75) is 25.3 Å². The molecule has 1 saturated heterocycles. The zero-order chi connectivity index (χ0) is 18.0. The fourth-order valence-corrected chi connectivity index (χ4v) is 5.09. The van der Waals surface area contributed by atoms with Crippen molar-refractivity contribution in [2.24, 2.45) is 0 Å². The zero-order valence-corrected chi connectivity index (χ0v) is 17.3. The van der Waals surface area contributed by atoms with Gasteiger partial charge in [0.25, 0.3) is 0 Å². The smallest absolute Gasteiger partial charge is 0.243 e. The molecule has 0 unspecified atom stereocenters. The molecule has 0 saturated carbocycles. The lowest BCUT2D eigenvalue weighted by Gasteiger charge is -2.34. The lowest BCUT2D eigenvalue weighted by molar-refractivity contribution is -0.00000785. The second-order valence-corrected chi connectivity index (χ2v) is 8.92. The molecule has 0 bridgehead atoms. The Hall–Kier alpha value is -1.11. The summed E-state index contributed by atoms with van der Waals surface area (Å²) in [7, 11) is -3.43. The molecule has 3 rings (SSSR count). The summed E-state index contributed by atoms with van der Waals surface area (Å²) in [4.78, 5) is 2.69. The molecule has 1 fully saturated rings. The number of sulfonamides is 1. The normalized spacial score (nSPS) is 16.3. The molecule has 26 heavy (non-hydrogen) atoms. The van der Waals surface area contributed by atoms with Crippen LogP contribution in [0.4, 0.5) is 0 Å². The fourth-order valence-electron chi connectivity index (χ4n) is 3.15. The van der Waals surface area contributed by atoms with Crippen LogP contribution in [-0.4, -0.2) is 43.8 Å². The summed E-state index contributed by atoms with van der Waals surface area (Å²) in [5.74, 6) is 0. The minimum Gasteiger partial charge on any atom is -1.00 e. The van der Waals surface area contributed by atoms with Crippen LogP contribution >= 0.6 is 11.6 Å². The number of piperazine rings is 1. The molecule has 0 amide bonds. The van der Waals surface area contributed by atoms with Crippen LogP contribution in [0.1, 0.15) is 16.7 Å². The zero-order valence-electron chi connectivity index (χ0n) is 15.0. The van der Waals surface area contributed by atoms with Crippen molar-refractivity contribution in [3.63, 3.8) is 0 Å². The van der Waals surface area contributed by atoms with E-state index in [9.17, 15) is 8.42 Å². The first-order valence-corrected chi connectivity index (χ1v) is 10.2. The molecule has 1 aliphatic rings. The van der Waals surface area contributed by atoms with E-state index in [1.807, 2.05) is 50.2 Å². The molecule has 0 aliphatic carbocycles. The second kappa shape index (κ2) is 8.72. The second-order valence-electron chi connectivity index (χ2n) is 6.58. The molecule has 0 radical (unpaired) electrons. The van der Waals surface area contributed by atoms with E-state index >= 15 is 0 Å². The van der Waals surface area contributed by atoms with E-state index in [4.69, 9.17) is 11.6 Å². The van der Waals surface area contributed by atoms with Crippen LogP contribution in [0.5, 0.6) is 0 Å². The molecule has 7 heteroatoms. The van der Waals surface area contributed by atoms with Gasteiger partial charge in [-0.25, -0.2) is 8.42 Å². The number of rotatable bonds is 4. The third-order valence-corrected chi connectivity index (χ3v) is 6.86. The summed E-state index contributed by atoms with van der Waals surface area (Å²) in [5, 5.41) is 0.730. The highest BCUT2D eigenvalue weighted by Gasteiger charge is 2.29. The summed E-state index contributed by atoms with van der Waals surface area (Å²) in [6, 6.07) is 13.4. The van der Waals surface area contributed by atoms with E-state index in [0.29, 0.717) is 18.0 Å². The van der Waals surface area contributed by atoms with Gasteiger partial charge >= 0.3 is 0 Å². The van der Waals surface area contributed by atoms with Crippen LogP contribution in [0.15, 0.2) is 47.4 Å². The molecule has 1 aliphatic heterocycles. The molecule has 0 aromatic heterocycles. The predicted octanol–water partition coefficient (Wildman–Crippen LogP) is 0.467. The van der Waals surface area contributed by atoms with Crippen LogP contribution in [0.25, 0.3) is 0 Å². The summed E-state index contributed by atoms with van der Waals surface area (Å²) < 4.78 is 27.5. The topological polar surface area (TPSA) is 40.6 Å². The van der Waals surface area contributed by atoms with Gasteiger partial charge in [0.15, 0.2) is 0 Å². The van der Waals surface area contributed by atoms with E-state index in [1.54, 1.807) is 10.4 Å². The van der Waals surface area contributed by atoms with E-state index in [0.717, 1.165) is 41.3 Å². The van der Waals surface area contributed by atoms with Gasteiger partial charge in [-0.3, -0.25) is 4.90 Å². The molecule has 0 spiro atoms. The minimum atomic E-state index is -3.43. The Morgan fingerprint density at radius 3 is 2.35 bits per heavy atom. The van der Waals surface area contributed by atoms with Gasteiger partial charge in [0, 0.05) is 37.7 Å². The minimum absolute atomic E-state index is 0. The van der Waals surface area contributed by atoms with Crippen LogP contribution in [-0.2, 0) is 16.6 Å². The molecular weight excluding hydrogens is 391 g/mol. The van der Waals surface area contributed by atoms with Crippen molar-refractivity contribution >= 4 is 21.6 Å². The lowest BCUT2D eigenvalue weighted by atomic mass is 10.2. The maximum atomic E-state index is 13.0. The number of hydrogen-bond donors (Lipinski definition) is 0. The summed E-state index contributed by atoms with van der Waals surface area (Å²) >= 11 is 6.03. The van der Waals surface area contributed by atoms with Gasteiger partial charge in [0.2, 0.25) is 10.0 Å². The quantitative estimate of drug-likeness (QED) is 0.731. The van der Waals surface area contributed by atoms with Crippen molar-refractivity contribution in [3.05, 3.63) is 64.2 Å². The van der Waals surface area contributed by atoms with Gasteiger partial charge in [-0.2, -0.15) is 4.31 Å². The number of halogens is 2. The Morgan fingerprint density at radius 1 is 1.00 bits per heavy atom. The Morgan fingerprint density at radius 2 is 1.69 bits per heavy atom. The summed E-state index contributed by atoms with van der Waals surface area (Å²) in [6.07, 6.45) is 0. The van der Waals surface area contributed by atoms with Crippen molar-refractivity contribution < 1.29 is 20.8 Å². The van der Waals surface area contributed by atoms with Crippen LogP contribution < -0.4 is 12.4 Å². The maximum absolute atomic E-state index is 13.0. The predicted molar refractivity (Wildman–Crippen MR) is 101 cm³/mol. The summed E-state index contributed by atoms with van der Waals surface area (Å²) in [5.41, 5.74) is 2.91. The first-order chi connectivity index (χ1) is 11.9. The largest absolute Gasteiger partial charge is 1.00 e. The molecular formula is C19H23Cl2N2O2S-. The number of nitrogens with zero attached hydrogens (tertiary/aromatic N) is 2. The lowest BCUT2D eigenvalue weighted by Crippen LogP contribution is -3.00. The Labute approximate surface area is 167 Å². The van der Waals surface area contributed by atoms with E-state index < -0.39 is 10.0 Å². The Kier molecular flexibility index (Phi) is 7.11. The highest BCUT2D eigenvalue weighted by Crippen LogP contribution is 2.23. The van der Waals surface area contributed by atoms with Gasteiger partial charge in [-0.05, 0) is 48.7 Å². The van der Waals surface area contributed by atoms with Gasteiger partial charge in [0.1, 0.15) is 0 Å². The fraction of sp³-hybridized carbons (Fsp3) is 0.368. The van der Waals surface area contributed by atoms with E-state index in [1.165, 1.54) is 0 Å². The third kappa shape index (κ3) is 4.78. The molecule has 4 nitrogen and oxygen atoms in total. The number of benzene rings is 2. The molecule has 1 heterocycles.